The molecule has 1 aromatic heterocycles. The molecule has 0 unspecified atom stereocenters. The highest BCUT2D eigenvalue weighted by Gasteiger charge is 2.26. The minimum atomic E-state index is 0.0586. The molecule has 1 saturated carbocycles. The van der Waals surface area contributed by atoms with Crippen LogP contribution in [0.15, 0.2) is 30.5 Å². The molecule has 0 aliphatic heterocycles. The van der Waals surface area contributed by atoms with Gasteiger partial charge >= 0.3 is 0 Å². The molecule has 20 heavy (non-hydrogen) atoms. The third kappa shape index (κ3) is 2.33. The van der Waals surface area contributed by atoms with Crippen LogP contribution in [-0.4, -0.2) is 36.4 Å². The Balaban J connectivity index is 2.00. The van der Waals surface area contributed by atoms with Gasteiger partial charge in [-0.25, -0.2) is 4.98 Å². The zero-order valence-electron chi connectivity index (χ0n) is 11.9. The van der Waals surface area contributed by atoms with Crippen molar-refractivity contribution in [3.63, 3.8) is 0 Å². The minimum Gasteiger partial charge on any atom is -0.373 e. The molecule has 1 heterocycles. The van der Waals surface area contributed by atoms with Crippen molar-refractivity contribution in [3.8, 4) is 0 Å². The van der Waals surface area contributed by atoms with Crippen molar-refractivity contribution < 1.29 is 4.79 Å². The third-order valence-electron chi connectivity index (χ3n) is 3.84. The van der Waals surface area contributed by atoms with E-state index in [0.29, 0.717) is 11.5 Å². The number of carbonyl (C=O) groups is 1. The van der Waals surface area contributed by atoms with E-state index in [-0.39, 0.29) is 5.91 Å². The van der Waals surface area contributed by atoms with Crippen molar-refractivity contribution in [2.24, 2.45) is 5.92 Å². The number of fused-ring (bicyclic) bond motifs is 1. The first-order valence-electron chi connectivity index (χ1n) is 7.01. The van der Waals surface area contributed by atoms with Crippen molar-refractivity contribution in [2.75, 3.05) is 26.0 Å². The summed E-state index contributed by atoms with van der Waals surface area (Å²) in [5.74, 6) is 1.56. The highest BCUT2D eigenvalue weighted by molar-refractivity contribution is 6.09. The Morgan fingerprint density at radius 1 is 1.35 bits per heavy atom. The smallest absolute Gasteiger partial charge is 0.255 e. The minimum absolute atomic E-state index is 0.0586. The lowest BCUT2D eigenvalue weighted by molar-refractivity contribution is 0.0790. The number of nitrogens with one attached hydrogen (secondary N) is 1. The Hall–Kier alpha value is -2.10. The number of benzene rings is 1. The maximum absolute atomic E-state index is 12.6. The monoisotopic (exact) mass is 269 g/mol. The topological polar surface area (TPSA) is 45.2 Å². The SMILES string of the molecule is CNc1ncc(C(=O)N(C)CC2CC2)c2ccccc12. The third-order valence-corrected chi connectivity index (χ3v) is 3.84. The van der Waals surface area contributed by atoms with Crippen LogP contribution in [0.2, 0.25) is 0 Å². The maximum atomic E-state index is 12.6. The summed E-state index contributed by atoms with van der Waals surface area (Å²) in [6.07, 6.45) is 4.17. The molecule has 0 bridgehead atoms. The number of pyridine rings is 1. The molecule has 1 aliphatic rings. The summed E-state index contributed by atoms with van der Waals surface area (Å²) in [6.45, 7) is 0.848. The number of anilines is 1. The first kappa shape index (κ1) is 12.9. The number of nitrogens with zero attached hydrogens (tertiary/aromatic N) is 2. The molecule has 1 fully saturated rings. The van der Waals surface area contributed by atoms with Gasteiger partial charge in [0.25, 0.3) is 5.91 Å². The van der Waals surface area contributed by atoms with Gasteiger partial charge in [0.05, 0.1) is 5.56 Å². The molecule has 0 saturated heterocycles. The summed E-state index contributed by atoms with van der Waals surface area (Å²) in [5.41, 5.74) is 0.683. The maximum Gasteiger partial charge on any atom is 0.255 e. The largest absolute Gasteiger partial charge is 0.373 e. The molecule has 1 aliphatic carbocycles. The van der Waals surface area contributed by atoms with E-state index in [1.165, 1.54) is 12.8 Å². The number of rotatable bonds is 4. The number of hydrogen-bond donors (Lipinski definition) is 1. The Morgan fingerprint density at radius 2 is 2.05 bits per heavy atom. The highest BCUT2D eigenvalue weighted by Crippen LogP contribution is 2.30. The molecule has 3 rings (SSSR count). The van der Waals surface area contributed by atoms with E-state index >= 15 is 0 Å². The van der Waals surface area contributed by atoms with E-state index in [0.717, 1.165) is 23.1 Å². The number of hydrogen-bond acceptors (Lipinski definition) is 3. The van der Waals surface area contributed by atoms with Crippen molar-refractivity contribution in [3.05, 3.63) is 36.0 Å². The van der Waals surface area contributed by atoms with Gasteiger partial charge in [0, 0.05) is 32.2 Å². The van der Waals surface area contributed by atoms with E-state index in [4.69, 9.17) is 0 Å². The Kier molecular flexibility index (Phi) is 3.30. The Bertz CT molecular complexity index is 649. The van der Waals surface area contributed by atoms with Crippen LogP contribution in [0.5, 0.6) is 0 Å². The van der Waals surface area contributed by atoms with Crippen LogP contribution in [0.25, 0.3) is 10.8 Å². The highest BCUT2D eigenvalue weighted by atomic mass is 16.2. The van der Waals surface area contributed by atoms with E-state index in [2.05, 4.69) is 10.3 Å². The van der Waals surface area contributed by atoms with E-state index in [1.54, 1.807) is 6.20 Å². The van der Waals surface area contributed by atoms with Crippen molar-refractivity contribution in [2.45, 2.75) is 12.8 Å². The lowest BCUT2D eigenvalue weighted by Crippen LogP contribution is -2.29. The first-order valence-corrected chi connectivity index (χ1v) is 7.01. The summed E-state index contributed by atoms with van der Waals surface area (Å²) >= 11 is 0. The molecule has 104 valence electrons. The van der Waals surface area contributed by atoms with Crippen LogP contribution < -0.4 is 5.32 Å². The molecule has 1 N–H and O–H groups in total. The molecule has 1 amide bonds. The van der Waals surface area contributed by atoms with Crippen molar-refractivity contribution in [1.29, 1.82) is 0 Å². The summed E-state index contributed by atoms with van der Waals surface area (Å²) in [5, 5.41) is 5.02. The summed E-state index contributed by atoms with van der Waals surface area (Å²) < 4.78 is 0. The number of carbonyl (C=O) groups excluding carboxylic acids is 1. The second-order valence-corrected chi connectivity index (χ2v) is 5.45. The number of amides is 1. The molecule has 1 aromatic carbocycles. The fraction of sp³-hybridized carbons (Fsp3) is 0.375. The van der Waals surface area contributed by atoms with Crippen LogP contribution in [0, 0.1) is 5.92 Å². The average Bonchev–Trinajstić information content (AvgIpc) is 3.29. The quantitative estimate of drug-likeness (QED) is 0.928. The second-order valence-electron chi connectivity index (χ2n) is 5.45. The van der Waals surface area contributed by atoms with E-state index in [9.17, 15) is 4.79 Å². The molecule has 0 spiro atoms. The van der Waals surface area contributed by atoms with Gasteiger partial charge in [-0.05, 0) is 24.1 Å². The Labute approximate surface area is 118 Å². The van der Waals surface area contributed by atoms with E-state index < -0.39 is 0 Å². The molecule has 0 radical (unpaired) electrons. The molecule has 2 aromatic rings. The zero-order valence-corrected chi connectivity index (χ0v) is 11.9. The van der Waals surface area contributed by atoms with E-state index in [1.807, 2.05) is 43.3 Å². The summed E-state index contributed by atoms with van der Waals surface area (Å²) in [6, 6.07) is 7.90. The standard InChI is InChI=1S/C16H19N3O/c1-17-15-13-6-4-3-5-12(13)14(9-18-15)16(20)19(2)10-11-7-8-11/h3-6,9,11H,7-8,10H2,1-2H3,(H,17,18). The van der Waals surface area contributed by atoms with Gasteiger partial charge in [-0.15, -0.1) is 0 Å². The van der Waals surface area contributed by atoms with Gasteiger partial charge in [0.2, 0.25) is 0 Å². The predicted molar refractivity (Wildman–Crippen MR) is 81.0 cm³/mol. The van der Waals surface area contributed by atoms with Gasteiger partial charge in [-0.3, -0.25) is 4.79 Å². The van der Waals surface area contributed by atoms with Crippen molar-refractivity contribution in [1.82, 2.24) is 9.88 Å². The van der Waals surface area contributed by atoms with Crippen LogP contribution in [-0.2, 0) is 0 Å². The molecular weight excluding hydrogens is 250 g/mol. The van der Waals surface area contributed by atoms with Crippen molar-refractivity contribution >= 4 is 22.5 Å². The van der Waals surface area contributed by atoms with Crippen LogP contribution in [0.4, 0.5) is 5.82 Å². The first-order chi connectivity index (χ1) is 9.70. The van der Waals surface area contributed by atoms with Crippen LogP contribution in [0.3, 0.4) is 0 Å². The molecule has 4 nitrogen and oxygen atoms in total. The van der Waals surface area contributed by atoms with Crippen LogP contribution >= 0.6 is 0 Å². The molecule has 4 heteroatoms. The Morgan fingerprint density at radius 3 is 2.70 bits per heavy atom. The zero-order chi connectivity index (χ0) is 14.1. The molecule has 0 atom stereocenters. The van der Waals surface area contributed by atoms with Crippen LogP contribution in [0.1, 0.15) is 23.2 Å². The van der Waals surface area contributed by atoms with Gasteiger partial charge in [-0.2, -0.15) is 0 Å². The predicted octanol–water partition coefficient (Wildman–Crippen LogP) is 2.76. The van der Waals surface area contributed by atoms with Gasteiger partial charge in [0.15, 0.2) is 0 Å². The van der Waals surface area contributed by atoms with Gasteiger partial charge < -0.3 is 10.2 Å². The summed E-state index contributed by atoms with van der Waals surface area (Å²) in [7, 11) is 3.72. The number of aromatic nitrogens is 1. The van der Waals surface area contributed by atoms with Gasteiger partial charge in [0.1, 0.15) is 5.82 Å². The normalized spacial score (nSPS) is 14.3. The fourth-order valence-electron chi connectivity index (χ4n) is 2.54. The summed E-state index contributed by atoms with van der Waals surface area (Å²) in [4.78, 5) is 18.8. The second kappa shape index (κ2) is 5.12. The molecular formula is C16H19N3O. The fourth-order valence-corrected chi connectivity index (χ4v) is 2.54. The lowest BCUT2D eigenvalue weighted by atomic mass is 10.1. The average molecular weight is 269 g/mol. The van der Waals surface area contributed by atoms with Gasteiger partial charge in [-0.1, -0.05) is 24.3 Å². The lowest BCUT2D eigenvalue weighted by Gasteiger charge is -2.18.